The number of ether oxygens (including phenoxy) is 1. The highest BCUT2D eigenvalue weighted by molar-refractivity contribution is 7.55. The van der Waals surface area contributed by atoms with E-state index in [1.54, 1.807) is 38.4 Å². The molecule has 2 N–H and O–H groups in total. The number of pyridine rings is 1. The van der Waals surface area contributed by atoms with Gasteiger partial charge in [0, 0.05) is 29.9 Å². The van der Waals surface area contributed by atoms with Crippen LogP contribution in [-0.4, -0.2) is 48.1 Å². The summed E-state index contributed by atoms with van der Waals surface area (Å²) in [4.78, 5) is 38.0. The first-order chi connectivity index (χ1) is 12.3. The zero-order chi connectivity index (χ0) is 19.2. The minimum absolute atomic E-state index is 0.0369. The third-order valence-corrected chi connectivity index (χ3v) is 5.15. The van der Waals surface area contributed by atoms with E-state index in [-0.39, 0.29) is 26.2 Å². The molecule has 0 saturated carbocycles. The fraction of sp³-hybridized carbons (Fsp3) is 0.562. The molecule has 1 aliphatic rings. The summed E-state index contributed by atoms with van der Waals surface area (Å²) in [5.74, 6) is -0.883. The average Bonchev–Trinajstić information content (AvgIpc) is 2.63. The molecule has 1 saturated heterocycles. The quantitative estimate of drug-likeness (QED) is 0.533. The zero-order valence-corrected chi connectivity index (χ0v) is 15.9. The van der Waals surface area contributed by atoms with Crippen molar-refractivity contribution in [3.63, 3.8) is 0 Å². The van der Waals surface area contributed by atoms with Gasteiger partial charge in [-0.2, -0.15) is 9.42 Å². The van der Waals surface area contributed by atoms with Crippen LogP contribution in [-0.2, 0) is 34.5 Å². The van der Waals surface area contributed by atoms with Gasteiger partial charge < -0.3 is 10.1 Å². The van der Waals surface area contributed by atoms with Crippen LogP contribution in [0.15, 0.2) is 24.5 Å². The number of hydrogen-bond donors (Lipinski definition) is 2. The van der Waals surface area contributed by atoms with Crippen LogP contribution in [0.4, 0.5) is 0 Å². The third kappa shape index (κ3) is 5.69. The first kappa shape index (κ1) is 20.7. The summed E-state index contributed by atoms with van der Waals surface area (Å²) in [6.45, 7) is 3.79. The van der Waals surface area contributed by atoms with Crippen LogP contribution in [0.2, 0.25) is 0 Å². The summed E-state index contributed by atoms with van der Waals surface area (Å²) in [6.07, 6.45) is 2.28. The fourth-order valence-electron chi connectivity index (χ4n) is 2.22. The molecule has 2 rings (SSSR count). The molecule has 9 nitrogen and oxygen atoms in total. The predicted molar refractivity (Wildman–Crippen MR) is 92.4 cm³/mol. The molecule has 144 valence electrons. The Morgan fingerprint density at radius 1 is 1.50 bits per heavy atom. The Kier molecular flexibility index (Phi) is 7.02. The summed E-state index contributed by atoms with van der Waals surface area (Å²) in [6, 6.07) is 3.52. The number of hydrogen-bond acceptors (Lipinski definition) is 8. The van der Waals surface area contributed by atoms with Crippen LogP contribution >= 0.6 is 8.17 Å². The number of rotatable bonds is 7. The van der Waals surface area contributed by atoms with Gasteiger partial charge in [-0.15, -0.1) is 9.05 Å². The lowest BCUT2D eigenvalue weighted by Crippen LogP contribution is -2.50. The Balaban J connectivity index is 1.95. The normalized spacial score (nSPS) is 24.7. The number of nitrogens with zero attached hydrogens (tertiary/aromatic N) is 1. The maximum Gasteiger partial charge on any atom is 0.573 e. The minimum atomic E-state index is -3.66. The fourth-order valence-corrected chi connectivity index (χ4v) is 3.87. The monoisotopic (exact) mass is 387 g/mol. The molecule has 0 aliphatic carbocycles. The number of amides is 1. The minimum Gasteiger partial charge on any atom is -0.469 e. The van der Waals surface area contributed by atoms with Gasteiger partial charge in [-0.25, -0.2) is 0 Å². The summed E-state index contributed by atoms with van der Waals surface area (Å²) in [7, 11) is -2.38. The third-order valence-electron chi connectivity index (χ3n) is 3.76. The van der Waals surface area contributed by atoms with Crippen LogP contribution in [0.3, 0.4) is 0 Å². The van der Waals surface area contributed by atoms with E-state index in [0.717, 1.165) is 5.56 Å². The number of nitrogens with one attached hydrogen (secondary N) is 1. The molecule has 2 heterocycles. The van der Waals surface area contributed by atoms with Gasteiger partial charge in [0.25, 0.3) is 5.91 Å². The molecule has 1 aliphatic heterocycles. The molecule has 1 fully saturated rings. The number of esters is 1. The van der Waals surface area contributed by atoms with Crippen molar-refractivity contribution >= 4 is 20.0 Å². The van der Waals surface area contributed by atoms with E-state index < -0.39 is 31.6 Å². The van der Waals surface area contributed by atoms with Gasteiger partial charge in [-0.1, -0.05) is 19.9 Å². The largest absolute Gasteiger partial charge is 0.573 e. The molecule has 0 aromatic carbocycles. The molecule has 1 amide bonds. The number of methoxy groups -OCH3 is 1. The van der Waals surface area contributed by atoms with E-state index in [4.69, 9.17) is 13.6 Å². The van der Waals surface area contributed by atoms with Crippen LogP contribution < -0.4 is 5.32 Å². The van der Waals surface area contributed by atoms with Gasteiger partial charge in [0.15, 0.2) is 6.10 Å². The van der Waals surface area contributed by atoms with Gasteiger partial charge in [-0.3, -0.25) is 14.6 Å². The van der Waals surface area contributed by atoms with Crippen LogP contribution in [0.5, 0.6) is 0 Å². The molecule has 10 heteroatoms. The van der Waals surface area contributed by atoms with Crippen molar-refractivity contribution in [1.29, 1.82) is 0 Å². The number of aromatic nitrogens is 1. The Morgan fingerprint density at radius 2 is 2.27 bits per heavy atom. The maximum absolute atomic E-state index is 12.4. The molecular weight excluding hydrogens is 363 g/mol. The number of carbonyl (C=O) groups is 2. The van der Waals surface area contributed by atoms with E-state index in [0.29, 0.717) is 0 Å². The second-order valence-electron chi connectivity index (χ2n) is 6.47. The Bertz CT molecular complexity index is 628. The van der Waals surface area contributed by atoms with Crippen molar-refractivity contribution in [1.82, 2.24) is 10.3 Å². The highest BCUT2D eigenvalue weighted by atomic mass is 31.2. The second kappa shape index (κ2) is 8.83. The molecule has 1 aromatic rings. The predicted octanol–water partition coefficient (Wildman–Crippen LogP) is 1.39. The van der Waals surface area contributed by atoms with E-state index in [1.165, 1.54) is 7.11 Å². The molecular formula is C16H24N2O7P+. The van der Waals surface area contributed by atoms with Crippen molar-refractivity contribution in [3.05, 3.63) is 30.1 Å². The summed E-state index contributed by atoms with van der Waals surface area (Å²) in [5.41, 5.74) is 0.0521. The summed E-state index contributed by atoms with van der Waals surface area (Å²) >= 11 is 0. The molecule has 2 atom stereocenters. The van der Waals surface area contributed by atoms with E-state index >= 15 is 0 Å². The van der Waals surface area contributed by atoms with Crippen molar-refractivity contribution < 1.29 is 32.8 Å². The summed E-state index contributed by atoms with van der Waals surface area (Å²) in [5, 5.41) is 2.61. The lowest BCUT2D eigenvalue weighted by molar-refractivity contribution is -0.145. The molecule has 0 bridgehead atoms. The van der Waals surface area contributed by atoms with Gasteiger partial charge in [0.05, 0.1) is 13.5 Å². The van der Waals surface area contributed by atoms with Gasteiger partial charge in [0.1, 0.15) is 13.2 Å². The molecule has 0 spiro atoms. The lowest BCUT2D eigenvalue weighted by Gasteiger charge is -2.36. The first-order valence-electron chi connectivity index (χ1n) is 8.08. The highest BCUT2D eigenvalue weighted by Gasteiger charge is 2.59. The van der Waals surface area contributed by atoms with Crippen LogP contribution in [0.1, 0.15) is 25.8 Å². The molecule has 1 aromatic heterocycles. The van der Waals surface area contributed by atoms with Crippen molar-refractivity contribution in [2.45, 2.75) is 33.0 Å². The van der Waals surface area contributed by atoms with Crippen molar-refractivity contribution in [3.8, 4) is 0 Å². The van der Waals surface area contributed by atoms with Crippen LogP contribution in [0, 0.1) is 5.41 Å². The Morgan fingerprint density at radius 3 is 2.92 bits per heavy atom. The highest BCUT2D eigenvalue weighted by Crippen LogP contribution is 2.64. The van der Waals surface area contributed by atoms with Gasteiger partial charge in [0.2, 0.25) is 0 Å². The average molecular weight is 387 g/mol. The second-order valence-corrected chi connectivity index (χ2v) is 8.13. The molecule has 0 radical (unpaired) electrons. The topological polar surface area (TPSA) is 116 Å². The smallest absolute Gasteiger partial charge is 0.469 e. The summed E-state index contributed by atoms with van der Waals surface area (Å²) < 4.78 is 20.9. The first-order valence-corrected chi connectivity index (χ1v) is 9.58. The van der Waals surface area contributed by atoms with Crippen molar-refractivity contribution in [2.24, 2.45) is 5.41 Å². The van der Waals surface area contributed by atoms with Gasteiger partial charge in [-0.05, 0) is 6.07 Å². The lowest BCUT2D eigenvalue weighted by atomic mass is 9.87. The van der Waals surface area contributed by atoms with E-state index in [1.807, 2.05) is 0 Å². The van der Waals surface area contributed by atoms with E-state index in [9.17, 15) is 14.5 Å². The van der Waals surface area contributed by atoms with E-state index in [2.05, 4.69) is 15.0 Å². The van der Waals surface area contributed by atoms with Gasteiger partial charge >= 0.3 is 14.1 Å². The Labute approximate surface area is 152 Å². The maximum atomic E-state index is 12.4. The van der Waals surface area contributed by atoms with Crippen LogP contribution in [0.25, 0.3) is 0 Å². The molecule has 26 heavy (non-hydrogen) atoms. The zero-order valence-electron chi connectivity index (χ0n) is 15.0. The molecule has 1 unspecified atom stereocenters. The van der Waals surface area contributed by atoms with Crippen molar-refractivity contribution in [2.75, 3.05) is 20.3 Å². The number of carbonyl (C=O) groups excluding carboxylic acids is 2. The standard InChI is InChI=1S/C16H23N2O7P/c1-16(2)11-24-26(21,23-10-12-5-4-7-17-9-12)25-14(16)15(20)18-8-6-13(19)22-3/h4-5,7,9,14,21H,6,8,10-11H2,1-3H3/p+1/t14-,26?/m0/s1. The SMILES string of the molecule is COC(=O)CCNC(=O)[C@@H]1O[P+](O)(OCc2cccnc2)OCC1(C)C. The Hall–Kier alpha value is -1.64.